The molecule has 4 nitrogen and oxygen atoms in total. The third kappa shape index (κ3) is 4.45. The lowest BCUT2D eigenvalue weighted by Gasteiger charge is -2.19. The molecule has 0 saturated heterocycles. The van der Waals surface area contributed by atoms with Crippen molar-refractivity contribution in [2.24, 2.45) is 0 Å². The molecule has 1 aromatic rings. The lowest BCUT2D eigenvalue weighted by Crippen LogP contribution is -2.38. The van der Waals surface area contributed by atoms with Gasteiger partial charge in [0.05, 0.1) is 4.90 Å². The van der Waals surface area contributed by atoms with Crippen LogP contribution in [-0.2, 0) is 16.6 Å². The van der Waals surface area contributed by atoms with Crippen LogP contribution in [0, 0.1) is 0 Å². The van der Waals surface area contributed by atoms with Gasteiger partial charge in [-0.15, -0.1) is 11.3 Å². The predicted octanol–water partition coefficient (Wildman–Crippen LogP) is 2.81. The minimum atomic E-state index is -3.41. The Hall–Kier alpha value is -0.0800. The van der Waals surface area contributed by atoms with Crippen LogP contribution in [0.1, 0.15) is 38.0 Å². The second kappa shape index (κ2) is 7.46. The highest BCUT2D eigenvalue weighted by Crippen LogP contribution is 2.30. The Morgan fingerprint density at radius 1 is 1.43 bits per heavy atom. The van der Waals surface area contributed by atoms with E-state index in [1.54, 1.807) is 17.8 Å². The summed E-state index contributed by atoms with van der Waals surface area (Å²) in [5.41, 5.74) is 0. The van der Waals surface area contributed by atoms with Crippen LogP contribution in [-0.4, -0.2) is 32.0 Å². The number of sulfonamides is 1. The highest BCUT2D eigenvalue weighted by atomic mass is 32.2. The molecule has 0 aliphatic heterocycles. The molecular weight excluding hydrogens is 324 g/mol. The van der Waals surface area contributed by atoms with Gasteiger partial charge < -0.3 is 5.32 Å². The van der Waals surface area contributed by atoms with Gasteiger partial charge in [-0.1, -0.05) is 20.3 Å². The van der Waals surface area contributed by atoms with E-state index in [9.17, 15) is 8.42 Å². The van der Waals surface area contributed by atoms with E-state index >= 15 is 0 Å². The zero-order valence-electron chi connectivity index (χ0n) is 12.8. The summed E-state index contributed by atoms with van der Waals surface area (Å²) >= 11 is 3.26. The van der Waals surface area contributed by atoms with Crippen molar-refractivity contribution in [2.75, 3.05) is 6.26 Å². The molecule has 1 saturated carbocycles. The van der Waals surface area contributed by atoms with Gasteiger partial charge in [-0.3, -0.25) is 0 Å². The summed E-state index contributed by atoms with van der Waals surface area (Å²) in [7, 11) is -3.41. The second-order valence-electron chi connectivity index (χ2n) is 5.68. The van der Waals surface area contributed by atoms with Crippen LogP contribution < -0.4 is 10.0 Å². The van der Waals surface area contributed by atoms with Crippen LogP contribution in [0.15, 0.2) is 16.3 Å². The van der Waals surface area contributed by atoms with Crippen molar-refractivity contribution in [1.82, 2.24) is 10.0 Å². The van der Waals surface area contributed by atoms with Gasteiger partial charge in [0, 0.05) is 28.8 Å². The van der Waals surface area contributed by atoms with Crippen LogP contribution in [0.5, 0.6) is 0 Å². The maximum Gasteiger partial charge on any atom is 0.242 e. The highest BCUT2D eigenvalue weighted by Gasteiger charge is 2.31. The molecule has 1 aliphatic carbocycles. The molecule has 1 aliphatic rings. The molecule has 2 N–H and O–H groups in total. The maximum absolute atomic E-state index is 12.6. The summed E-state index contributed by atoms with van der Waals surface area (Å²) in [6, 6.07) is 2.12. The first-order valence-electron chi connectivity index (χ1n) is 7.29. The average molecular weight is 349 g/mol. The van der Waals surface area contributed by atoms with E-state index in [1.807, 2.05) is 5.38 Å². The molecule has 1 aromatic heterocycles. The fraction of sp³-hybridized carbons (Fsp3) is 0.714. The van der Waals surface area contributed by atoms with Gasteiger partial charge in [0.1, 0.15) is 0 Å². The Kier molecular flexibility index (Phi) is 6.14. The van der Waals surface area contributed by atoms with Crippen LogP contribution in [0.3, 0.4) is 0 Å². The van der Waals surface area contributed by atoms with E-state index in [-0.39, 0.29) is 6.04 Å². The molecule has 0 spiro atoms. The number of hydrogen-bond donors (Lipinski definition) is 2. The number of nitrogens with one attached hydrogen (secondary N) is 2. The van der Waals surface area contributed by atoms with Gasteiger partial charge in [0.15, 0.2) is 0 Å². The van der Waals surface area contributed by atoms with Gasteiger partial charge >= 0.3 is 0 Å². The zero-order chi connectivity index (χ0) is 15.5. The fourth-order valence-corrected chi connectivity index (χ4v) is 6.33. The monoisotopic (exact) mass is 348 g/mol. The lowest BCUT2D eigenvalue weighted by molar-refractivity contribution is 0.551. The van der Waals surface area contributed by atoms with Crippen LogP contribution >= 0.6 is 23.1 Å². The number of rotatable bonds is 7. The van der Waals surface area contributed by atoms with Gasteiger partial charge in [0.2, 0.25) is 10.0 Å². The molecular formula is C14H24N2O2S3. The van der Waals surface area contributed by atoms with Crippen molar-refractivity contribution in [3.63, 3.8) is 0 Å². The Balaban J connectivity index is 2.11. The van der Waals surface area contributed by atoms with E-state index < -0.39 is 10.0 Å². The summed E-state index contributed by atoms with van der Waals surface area (Å²) in [4.78, 5) is 1.32. The second-order valence-corrected chi connectivity index (χ2v) is 9.44. The van der Waals surface area contributed by atoms with Gasteiger partial charge in [-0.2, -0.15) is 11.8 Å². The van der Waals surface area contributed by atoms with Crippen LogP contribution in [0.2, 0.25) is 0 Å². The molecule has 0 aromatic carbocycles. The van der Waals surface area contributed by atoms with Gasteiger partial charge in [0.25, 0.3) is 0 Å². The third-order valence-corrected chi connectivity index (χ3v) is 7.52. The molecule has 2 unspecified atom stereocenters. The first kappa shape index (κ1) is 17.3. The van der Waals surface area contributed by atoms with Crippen molar-refractivity contribution >= 4 is 33.1 Å². The van der Waals surface area contributed by atoms with Crippen molar-refractivity contribution in [3.8, 4) is 0 Å². The van der Waals surface area contributed by atoms with Crippen LogP contribution in [0.4, 0.5) is 0 Å². The molecule has 2 rings (SSSR count). The molecule has 21 heavy (non-hydrogen) atoms. The van der Waals surface area contributed by atoms with Crippen molar-refractivity contribution in [2.45, 2.75) is 61.9 Å². The van der Waals surface area contributed by atoms with Crippen molar-refractivity contribution in [1.29, 1.82) is 0 Å². The molecule has 120 valence electrons. The predicted molar refractivity (Wildman–Crippen MR) is 91.6 cm³/mol. The molecule has 0 bridgehead atoms. The maximum atomic E-state index is 12.6. The Morgan fingerprint density at radius 2 is 2.19 bits per heavy atom. The molecule has 1 fully saturated rings. The fourth-order valence-electron chi connectivity index (χ4n) is 2.60. The van der Waals surface area contributed by atoms with Gasteiger partial charge in [-0.05, 0) is 30.5 Å². The summed E-state index contributed by atoms with van der Waals surface area (Å²) in [5, 5.41) is 5.54. The zero-order valence-corrected chi connectivity index (χ0v) is 15.2. The SMILES string of the molecule is CSC1CCCC1NS(=O)(=O)c1ccsc1CNC(C)C. The first-order chi connectivity index (χ1) is 9.94. The van der Waals surface area contributed by atoms with Crippen LogP contribution in [0.25, 0.3) is 0 Å². The summed E-state index contributed by atoms with van der Waals surface area (Å²) < 4.78 is 28.2. The molecule has 2 atom stereocenters. The Labute approximate surface area is 136 Å². The third-order valence-electron chi connectivity index (χ3n) is 3.73. The normalized spacial score (nSPS) is 23.0. The van der Waals surface area contributed by atoms with E-state index in [0.717, 1.165) is 24.1 Å². The van der Waals surface area contributed by atoms with E-state index in [1.165, 1.54) is 11.3 Å². The van der Waals surface area contributed by atoms with Gasteiger partial charge in [-0.25, -0.2) is 13.1 Å². The average Bonchev–Trinajstić information content (AvgIpc) is 3.04. The Bertz CT molecular complexity index is 554. The molecule has 7 heteroatoms. The summed E-state index contributed by atoms with van der Waals surface area (Å²) in [6.07, 6.45) is 5.19. The Morgan fingerprint density at radius 3 is 2.86 bits per heavy atom. The molecule has 1 heterocycles. The smallest absolute Gasteiger partial charge is 0.242 e. The number of hydrogen-bond acceptors (Lipinski definition) is 5. The minimum absolute atomic E-state index is 0.0656. The minimum Gasteiger partial charge on any atom is -0.310 e. The van der Waals surface area contributed by atoms with Crippen molar-refractivity contribution < 1.29 is 8.42 Å². The standard InChI is InChI=1S/C14H24N2O2S3/c1-10(2)15-9-13-14(7-8-20-13)21(17,18)16-11-5-4-6-12(11)19-3/h7-8,10-12,15-16H,4-6,9H2,1-3H3. The van der Waals surface area contributed by atoms with Crippen molar-refractivity contribution in [3.05, 3.63) is 16.3 Å². The quantitative estimate of drug-likeness (QED) is 0.795. The lowest BCUT2D eigenvalue weighted by atomic mass is 10.3. The summed E-state index contributed by atoms with van der Waals surface area (Å²) in [5.74, 6) is 0. The number of thioether (sulfide) groups is 1. The topological polar surface area (TPSA) is 58.2 Å². The first-order valence-corrected chi connectivity index (χ1v) is 10.9. The van der Waals surface area contributed by atoms with E-state index in [0.29, 0.717) is 22.7 Å². The largest absolute Gasteiger partial charge is 0.310 e. The molecule has 0 amide bonds. The highest BCUT2D eigenvalue weighted by molar-refractivity contribution is 7.99. The molecule has 0 radical (unpaired) electrons. The summed E-state index contributed by atoms with van der Waals surface area (Å²) in [6.45, 7) is 4.71. The number of thiophene rings is 1. The van der Waals surface area contributed by atoms with E-state index in [4.69, 9.17) is 0 Å². The van der Waals surface area contributed by atoms with E-state index in [2.05, 4.69) is 30.1 Å².